The first-order chi connectivity index (χ1) is 17.3. The van der Waals surface area contributed by atoms with E-state index in [1.165, 1.54) is 12.1 Å². The number of benzene rings is 3. The molecule has 2 heterocycles. The Morgan fingerprint density at radius 1 is 0.806 bits per heavy atom. The van der Waals surface area contributed by atoms with Gasteiger partial charge in [-0.05, 0) is 53.4 Å². The smallest absolute Gasteiger partial charge is 0.338 e. The van der Waals surface area contributed by atoms with Crippen LogP contribution >= 0.6 is 0 Å². The highest BCUT2D eigenvalue weighted by atomic mass is 16.5. The topological polar surface area (TPSA) is 104 Å². The maximum atomic E-state index is 13.0. The van der Waals surface area contributed by atoms with Crippen molar-refractivity contribution in [3.05, 3.63) is 105 Å². The van der Waals surface area contributed by atoms with E-state index in [-0.39, 0.29) is 24.0 Å². The second kappa shape index (κ2) is 9.30. The van der Waals surface area contributed by atoms with Gasteiger partial charge in [0.05, 0.1) is 17.7 Å². The van der Waals surface area contributed by atoms with Crippen LogP contribution in [-0.2, 0) is 30.9 Å². The molecule has 0 aromatic heterocycles. The molecule has 0 unspecified atom stereocenters. The highest BCUT2D eigenvalue weighted by Crippen LogP contribution is 2.28. The van der Waals surface area contributed by atoms with Crippen LogP contribution in [0.15, 0.2) is 60.7 Å². The second-order valence-electron chi connectivity index (χ2n) is 8.91. The number of esters is 1. The van der Waals surface area contributed by atoms with Crippen molar-refractivity contribution in [1.29, 1.82) is 0 Å². The Bertz CT molecular complexity index is 1410. The highest BCUT2D eigenvalue weighted by Gasteiger charge is 2.30. The van der Waals surface area contributed by atoms with Crippen LogP contribution in [-0.4, -0.2) is 45.3 Å². The number of nitrogens with zero attached hydrogens (tertiary/aromatic N) is 2. The van der Waals surface area contributed by atoms with Gasteiger partial charge >= 0.3 is 11.9 Å². The van der Waals surface area contributed by atoms with E-state index in [4.69, 9.17) is 4.74 Å². The van der Waals surface area contributed by atoms with E-state index < -0.39 is 11.9 Å². The number of amides is 2. The van der Waals surface area contributed by atoms with Gasteiger partial charge in [-0.3, -0.25) is 9.59 Å². The molecule has 36 heavy (non-hydrogen) atoms. The maximum absolute atomic E-state index is 13.0. The molecule has 0 saturated carbocycles. The van der Waals surface area contributed by atoms with E-state index in [0.29, 0.717) is 42.9 Å². The zero-order valence-electron chi connectivity index (χ0n) is 19.7. The zero-order chi connectivity index (χ0) is 25.4. The van der Waals surface area contributed by atoms with Crippen LogP contribution in [0.3, 0.4) is 0 Å². The fourth-order valence-corrected chi connectivity index (χ4v) is 4.72. The third-order valence-corrected chi connectivity index (χ3v) is 6.47. The van der Waals surface area contributed by atoms with Gasteiger partial charge in [0.15, 0.2) is 0 Å². The molecule has 182 valence electrons. The van der Waals surface area contributed by atoms with Gasteiger partial charge in [-0.1, -0.05) is 36.4 Å². The van der Waals surface area contributed by atoms with Crippen LogP contribution in [0.5, 0.6) is 0 Å². The van der Waals surface area contributed by atoms with Crippen molar-refractivity contribution in [2.45, 2.75) is 33.1 Å². The molecule has 3 aromatic carbocycles. The Kier molecular flexibility index (Phi) is 6.01. The summed E-state index contributed by atoms with van der Waals surface area (Å²) in [6.45, 7) is 3.65. The number of carboxylic acid groups (broad SMARTS) is 1. The van der Waals surface area contributed by atoms with Crippen LogP contribution in [0.1, 0.15) is 70.6 Å². The summed E-state index contributed by atoms with van der Waals surface area (Å²) in [5.74, 6) is -1.84. The lowest BCUT2D eigenvalue weighted by Crippen LogP contribution is -2.24. The summed E-state index contributed by atoms with van der Waals surface area (Å²) in [5.41, 5.74) is 4.91. The number of hydrogen-bond acceptors (Lipinski definition) is 5. The van der Waals surface area contributed by atoms with E-state index >= 15 is 0 Å². The summed E-state index contributed by atoms with van der Waals surface area (Å²) in [7, 11) is 0. The van der Waals surface area contributed by atoms with Crippen LogP contribution < -0.4 is 0 Å². The molecule has 0 aliphatic carbocycles. The lowest BCUT2D eigenvalue weighted by atomic mass is 10.1. The molecule has 5 rings (SSSR count). The van der Waals surface area contributed by atoms with Gasteiger partial charge in [-0.25, -0.2) is 9.59 Å². The molecule has 2 aliphatic rings. The van der Waals surface area contributed by atoms with Crippen molar-refractivity contribution < 1.29 is 29.0 Å². The summed E-state index contributed by atoms with van der Waals surface area (Å²) in [6, 6.07) is 17.4. The Hall–Kier alpha value is -4.46. The monoisotopic (exact) mass is 484 g/mol. The number of ether oxygens (including phenoxy) is 1. The third-order valence-electron chi connectivity index (χ3n) is 6.47. The minimum absolute atomic E-state index is 0.0941. The minimum atomic E-state index is -1.06. The van der Waals surface area contributed by atoms with E-state index in [1.807, 2.05) is 24.3 Å². The fraction of sp³-hybridized carbons (Fsp3) is 0.214. The predicted molar refractivity (Wildman–Crippen MR) is 129 cm³/mol. The molecule has 3 aromatic rings. The lowest BCUT2D eigenvalue weighted by molar-refractivity contribution is 0.0525. The molecular weight excluding hydrogens is 460 g/mol. The van der Waals surface area contributed by atoms with E-state index in [2.05, 4.69) is 0 Å². The highest BCUT2D eigenvalue weighted by molar-refractivity contribution is 6.02. The van der Waals surface area contributed by atoms with Crippen LogP contribution in [0.2, 0.25) is 0 Å². The SMILES string of the molecule is CCOC(=O)c1ccc2c(c1)C(=O)N(Cc1cccc(CN3Cc4ccc(C(=O)O)cc4C3=O)c1)C2. The molecule has 0 bridgehead atoms. The van der Waals surface area contributed by atoms with Crippen molar-refractivity contribution in [2.75, 3.05) is 6.61 Å². The minimum Gasteiger partial charge on any atom is -0.478 e. The van der Waals surface area contributed by atoms with E-state index in [1.54, 1.807) is 41.0 Å². The van der Waals surface area contributed by atoms with Crippen LogP contribution in [0.25, 0.3) is 0 Å². The number of rotatable bonds is 7. The van der Waals surface area contributed by atoms with Crippen molar-refractivity contribution in [3.8, 4) is 0 Å². The van der Waals surface area contributed by atoms with Crippen LogP contribution in [0, 0.1) is 0 Å². The first-order valence-electron chi connectivity index (χ1n) is 11.7. The molecule has 2 amide bonds. The van der Waals surface area contributed by atoms with Gasteiger partial charge < -0.3 is 19.6 Å². The summed E-state index contributed by atoms with van der Waals surface area (Å²) >= 11 is 0. The maximum Gasteiger partial charge on any atom is 0.338 e. The Balaban J connectivity index is 1.27. The zero-order valence-corrected chi connectivity index (χ0v) is 19.7. The number of fused-ring (bicyclic) bond motifs is 2. The molecule has 0 fully saturated rings. The number of carbonyl (C=O) groups excluding carboxylic acids is 3. The van der Waals surface area contributed by atoms with Gasteiger partial charge in [0.25, 0.3) is 11.8 Å². The summed E-state index contributed by atoms with van der Waals surface area (Å²) in [6.07, 6.45) is 0. The van der Waals surface area contributed by atoms with Gasteiger partial charge in [-0.2, -0.15) is 0 Å². The summed E-state index contributed by atoms with van der Waals surface area (Å²) in [5, 5.41) is 9.21. The number of carboxylic acids is 1. The van der Waals surface area contributed by atoms with Crippen molar-refractivity contribution in [2.24, 2.45) is 0 Å². The average molecular weight is 485 g/mol. The van der Waals surface area contributed by atoms with E-state index in [0.717, 1.165) is 22.3 Å². The molecule has 8 nitrogen and oxygen atoms in total. The summed E-state index contributed by atoms with van der Waals surface area (Å²) < 4.78 is 5.04. The van der Waals surface area contributed by atoms with Gasteiger partial charge in [0.1, 0.15) is 0 Å². The quantitative estimate of drug-likeness (QED) is 0.511. The Morgan fingerprint density at radius 2 is 1.33 bits per heavy atom. The molecule has 2 aliphatic heterocycles. The first kappa shape index (κ1) is 23.3. The molecule has 0 saturated heterocycles. The predicted octanol–water partition coefficient (Wildman–Crippen LogP) is 3.87. The van der Waals surface area contributed by atoms with Crippen molar-refractivity contribution in [3.63, 3.8) is 0 Å². The first-order valence-corrected chi connectivity index (χ1v) is 11.7. The molecule has 0 spiro atoms. The second-order valence-corrected chi connectivity index (χ2v) is 8.91. The molecule has 8 heteroatoms. The van der Waals surface area contributed by atoms with Gasteiger partial charge in [-0.15, -0.1) is 0 Å². The van der Waals surface area contributed by atoms with E-state index in [9.17, 15) is 24.3 Å². The number of hydrogen-bond donors (Lipinski definition) is 1. The standard InChI is InChI=1S/C28H24N2O6/c1-2-36-28(35)20-7-9-22-16-30(26(32)24(22)12-20)14-18-5-3-4-17(10-18)13-29-15-21-8-6-19(27(33)34)11-23(21)25(29)31/h3-12H,2,13-16H2,1H3,(H,33,34). The Morgan fingerprint density at radius 3 is 1.86 bits per heavy atom. The lowest BCUT2D eigenvalue weighted by Gasteiger charge is -2.18. The number of aromatic carboxylic acids is 1. The molecular formula is C28H24N2O6. The average Bonchev–Trinajstić information content (AvgIpc) is 3.34. The van der Waals surface area contributed by atoms with Crippen molar-refractivity contribution in [1.82, 2.24) is 9.80 Å². The normalized spacial score (nSPS) is 14.1. The van der Waals surface area contributed by atoms with Gasteiger partial charge in [0, 0.05) is 37.3 Å². The third kappa shape index (κ3) is 4.33. The molecule has 1 N–H and O–H groups in total. The largest absolute Gasteiger partial charge is 0.478 e. The Labute approximate surface area is 207 Å². The summed E-state index contributed by atoms with van der Waals surface area (Å²) in [4.78, 5) is 52.6. The van der Waals surface area contributed by atoms with Crippen molar-refractivity contribution >= 4 is 23.8 Å². The molecule has 0 atom stereocenters. The molecule has 0 radical (unpaired) electrons. The van der Waals surface area contributed by atoms with Crippen LogP contribution in [0.4, 0.5) is 0 Å². The number of carbonyl (C=O) groups is 4. The van der Waals surface area contributed by atoms with Gasteiger partial charge in [0.2, 0.25) is 0 Å². The fourth-order valence-electron chi connectivity index (χ4n) is 4.72.